The van der Waals surface area contributed by atoms with E-state index in [2.05, 4.69) is 15.0 Å². The number of fused-ring (bicyclic) bond motifs is 1. The normalized spacial score (nSPS) is 17.6. The Morgan fingerprint density at radius 1 is 1.24 bits per heavy atom. The third kappa shape index (κ3) is 2.48. The van der Waals surface area contributed by atoms with Crippen molar-refractivity contribution in [2.24, 2.45) is 5.92 Å². The van der Waals surface area contributed by atoms with Gasteiger partial charge in [0, 0.05) is 12.6 Å². The molecule has 0 bridgehead atoms. The molecule has 3 heteroatoms. The van der Waals surface area contributed by atoms with Crippen molar-refractivity contribution in [2.75, 3.05) is 0 Å². The molecule has 1 aliphatic rings. The average Bonchev–Trinajstić information content (AvgIpc) is 2.80. The molecule has 3 rings (SSSR count). The van der Waals surface area contributed by atoms with Crippen LogP contribution in [0.3, 0.4) is 0 Å². The molecule has 0 atom stereocenters. The van der Waals surface area contributed by atoms with Gasteiger partial charge in [-0.15, -0.1) is 0 Å². The van der Waals surface area contributed by atoms with Gasteiger partial charge in [0.2, 0.25) is 0 Å². The number of aryl methyl sites for hydroxylation is 1. The highest BCUT2D eigenvalue weighted by molar-refractivity contribution is 5.73. The van der Waals surface area contributed by atoms with Gasteiger partial charge in [0.15, 0.2) is 0 Å². The van der Waals surface area contributed by atoms with Crippen molar-refractivity contribution in [3.8, 4) is 0 Å². The second-order valence-electron chi connectivity index (χ2n) is 5.12. The van der Waals surface area contributed by atoms with E-state index in [-0.39, 0.29) is 0 Å². The number of aromatic nitrogens is 3. The lowest BCUT2D eigenvalue weighted by Crippen LogP contribution is -2.07. The van der Waals surface area contributed by atoms with Gasteiger partial charge in [-0.3, -0.25) is 4.98 Å². The average molecular weight is 229 g/mol. The molecular formula is C14H19N3. The minimum atomic E-state index is 0.926. The summed E-state index contributed by atoms with van der Waals surface area (Å²) < 4.78 is 0. The Balaban J connectivity index is 1.64. The molecule has 1 saturated carbocycles. The fourth-order valence-electron chi connectivity index (χ4n) is 2.84. The molecule has 0 saturated heterocycles. The van der Waals surface area contributed by atoms with E-state index in [1.54, 1.807) is 6.20 Å². The minimum Gasteiger partial charge on any atom is -0.341 e. The summed E-state index contributed by atoms with van der Waals surface area (Å²) in [5, 5.41) is 0. The molecule has 3 nitrogen and oxygen atoms in total. The molecule has 0 amide bonds. The van der Waals surface area contributed by atoms with E-state index < -0.39 is 0 Å². The number of nitrogens with zero attached hydrogens (tertiary/aromatic N) is 2. The van der Waals surface area contributed by atoms with Crippen molar-refractivity contribution in [1.29, 1.82) is 0 Å². The fourth-order valence-corrected chi connectivity index (χ4v) is 2.84. The van der Waals surface area contributed by atoms with Crippen LogP contribution in [0, 0.1) is 5.92 Å². The summed E-state index contributed by atoms with van der Waals surface area (Å²) in [7, 11) is 0. The van der Waals surface area contributed by atoms with Gasteiger partial charge in [0.05, 0.1) is 17.2 Å². The number of nitrogens with one attached hydrogen (secondary N) is 1. The molecular weight excluding hydrogens is 210 g/mol. The van der Waals surface area contributed by atoms with Gasteiger partial charge in [0.1, 0.15) is 5.82 Å². The van der Waals surface area contributed by atoms with Crippen LogP contribution in [0.4, 0.5) is 0 Å². The molecule has 2 heterocycles. The lowest BCUT2D eigenvalue weighted by Gasteiger charge is -2.20. The van der Waals surface area contributed by atoms with Crippen LogP contribution in [-0.2, 0) is 6.42 Å². The first-order chi connectivity index (χ1) is 8.42. The van der Waals surface area contributed by atoms with Crippen molar-refractivity contribution < 1.29 is 0 Å². The molecule has 0 aliphatic heterocycles. The molecule has 90 valence electrons. The zero-order valence-electron chi connectivity index (χ0n) is 10.2. The monoisotopic (exact) mass is 229 g/mol. The Hall–Kier alpha value is -1.38. The molecule has 1 fully saturated rings. The molecule has 2 aromatic heterocycles. The number of hydrogen-bond acceptors (Lipinski definition) is 2. The minimum absolute atomic E-state index is 0.926. The number of aromatic amines is 1. The zero-order chi connectivity index (χ0) is 11.5. The maximum Gasteiger partial charge on any atom is 0.107 e. The summed E-state index contributed by atoms with van der Waals surface area (Å²) >= 11 is 0. The van der Waals surface area contributed by atoms with E-state index in [0.717, 1.165) is 29.2 Å². The maximum atomic E-state index is 4.60. The van der Waals surface area contributed by atoms with Gasteiger partial charge in [0.25, 0.3) is 0 Å². The largest absolute Gasteiger partial charge is 0.341 e. The Kier molecular flexibility index (Phi) is 3.08. The van der Waals surface area contributed by atoms with Crippen LogP contribution >= 0.6 is 0 Å². The quantitative estimate of drug-likeness (QED) is 0.875. The van der Waals surface area contributed by atoms with Crippen molar-refractivity contribution in [1.82, 2.24) is 15.0 Å². The molecule has 1 aliphatic carbocycles. The van der Waals surface area contributed by atoms with Gasteiger partial charge in [-0.2, -0.15) is 0 Å². The number of rotatable bonds is 3. The highest BCUT2D eigenvalue weighted by Gasteiger charge is 2.14. The molecule has 17 heavy (non-hydrogen) atoms. The lowest BCUT2D eigenvalue weighted by atomic mass is 9.86. The fraction of sp³-hybridized carbons (Fsp3) is 0.571. The van der Waals surface area contributed by atoms with Crippen LogP contribution in [0.25, 0.3) is 11.0 Å². The van der Waals surface area contributed by atoms with Crippen molar-refractivity contribution in [2.45, 2.75) is 44.9 Å². The molecule has 0 radical (unpaired) electrons. The van der Waals surface area contributed by atoms with Gasteiger partial charge in [-0.05, 0) is 18.4 Å². The van der Waals surface area contributed by atoms with Gasteiger partial charge in [-0.25, -0.2) is 4.98 Å². The summed E-state index contributed by atoms with van der Waals surface area (Å²) in [4.78, 5) is 12.1. The van der Waals surface area contributed by atoms with E-state index in [0.29, 0.717) is 0 Å². The number of imidazole rings is 1. The second-order valence-corrected chi connectivity index (χ2v) is 5.12. The van der Waals surface area contributed by atoms with Crippen LogP contribution in [-0.4, -0.2) is 15.0 Å². The van der Waals surface area contributed by atoms with Crippen molar-refractivity contribution >= 4 is 11.0 Å². The highest BCUT2D eigenvalue weighted by atomic mass is 14.9. The van der Waals surface area contributed by atoms with E-state index in [9.17, 15) is 0 Å². The van der Waals surface area contributed by atoms with Gasteiger partial charge < -0.3 is 4.98 Å². The van der Waals surface area contributed by atoms with Crippen LogP contribution in [0.2, 0.25) is 0 Å². The second kappa shape index (κ2) is 4.86. The van der Waals surface area contributed by atoms with Crippen LogP contribution in [0.5, 0.6) is 0 Å². The Labute approximate surface area is 102 Å². The van der Waals surface area contributed by atoms with Crippen molar-refractivity contribution in [3.05, 3.63) is 24.3 Å². The number of pyridine rings is 1. The maximum absolute atomic E-state index is 4.60. The van der Waals surface area contributed by atoms with Gasteiger partial charge in [-0.1, -0.05) is 32.1 Å². The summed E-state index contributed by atoms with van der Waals surface area (Å²) in [5.74, 6) is 2.05. The summed E-state index contributed by atoms with van der Waals surface area (Å²) in [6, 6.07) is 1.97. The standard InChI is InChI=1S/C14H19N3/c1-2-4-11(5-3-1)6-7-14-16-12-8-9-15-10-13(12)17-14/h8-11H,1-7H2,(H,16,17). The zero-order valence-corrected chi connectivity index (χ0v) is 10.2. The summed E-state index contributed by atoms with van der Waals surface area (Å²) in [6.07, 6.45) is 13.1. The third-order valence-corrected chi connectivity index (χ3v) is 3.85. The number of H-pyrrole nitrogens is 1. The van der Waals surface area contributed by atoms with Crippen LogP contribution in [0.1, 0.15) is 44.3 Å². The summed E-state index contributed by atoms with van der Waals surface area (Å²) in [6.45, 7) is 0. The predicted molar refractivity (Wildman–Crippen MR) is 68.8 cm³/mol. The van der Waals surface area contributed by atoms with Crippen molar-refractivity contribution in [3.63, 3.8) is 0 Å². The van der Waals surface area contributed by atoms with Crippen LogP contribution in [0.15, 0.2) is 18.5 Å². The molecule has 0 unspecified atom stereocenters. The summed E-state index contributed by atoms with van der Waals surface area (Å²) in [5.41, 5.74) is 2.10. The SMILES string of the molecule is c1cc2nc(CCC3CCCCC3)[nH]c2cn1. The third-order valence-electron chi connectivity index (χ3n) is 3.85. The van der Waals surface area contributed by atoms with E-state index in [1.165, 1.54) is 38.5 Å². The van der Waals surface area contributed by atoms with Crippen LogP contribution < -0.4 is 0 Å². The van der Waals surface area contributed by atoms with E-state index >= 15 is 0 Å². The Morgan fingerprint density at radius 3 is 2.94 bits per heavy atom. The first kappa shape index (κ1) is 10.8. The molecule has 2 aromatic rings. The Bertz CT molecular complexity index is 450. The highest BCUT2D eigenvalue weighted by Crippen LogP contribution is 2.27. The smallest absolute Gasteiger partial charge is 0.107 e. The number of hydrogen-bond donors (Lipinski definition) is 1. The first-order valence-electron chi connectivity index (χ1n) is 6.70. The molecule has 0 spiro atoms. The predicted octanol–water partition coefficient (Wildman–Crippen LogP) is 3.47. The van der Waals surface area contributed by atoms with E-state index in [4.69, 9.17) is 0 Å². The first-order valence-corrected chi connectivity index (χ1v) is 6.70. The lowest BCUT2D eigenvalue weighted by molar-refractivity contribution is 0.337. The topological polar surface area (TPSA) is 41.6 Å². The van der Waals surface area contributed by atoms with E-state index in [1.807, 2.05) is 12.3 Å². The van der Waals surface area contributed by atoms with Gasteiger partial charge >= 0.3 is 0 Å². The molecule has 1 N–H and O–H groups in total. The Morgan fingerprint density at radius 2 is 2.12 bits per heavy atom. The molecule has 0 aromatic carbocycles.